The SMILES string of the molecule is CCCCNS(=O)(=O)c1ccco1. The Morgan fingerprint density at radius 2 is 2.31 bits per heavy atom. The molecule has 0 aliphatic carbocycles. The lowest BCUT2D eigenvalue weighted by Crippen LogP contribution is -2.24. The van der Waals surface area contributed by atoms with Crippen LogP contribution in [0.4, 0.5) is 0 Å². The molecular formula is C8H13NO3S. The van der Waals surface area contributed by atoms with Crippen molar-refractivity contribution >= 4 is 10.0 Å². The van der Waals surface area contributed by atoms with E-state index in [1.165, 1.54) is 12.3 Å². The van der Waals surface area contributed by atoms with Gasteiger partial charge in [-0.3, -0.25) is 0 Å². The summed E-state index contributed by atoms with van der Waals surface area (Å²) < 4.78 is 29.9. The Balaban J connectivity index is 2.58. The number of hydrogen-bond acceptors (Lipinski definition) is 3. The van der Waals surface area contributed by atoms with E-state index < -0.39 is 10.0 Å². The summed E-state index contributed by atoms with van der Waals surface area (Å²) in [4.78, 5) is 0. The van der Waals surface area contributed by atoms with Gasteiger partial charge in [0.2, 0.25) is 5.09 Å². The van der Waals surface area contributed by atoms with Gasteiger partial charge in [0.05, 0.1) is 6.26 Å². The molecule has 5 heteroatoms. The van der Waals surface area contributed by atoms with Gasteiger partial charge >= 0.3 is 0 Å². The molecule has 0 spiro atoms. The monoisotopic (exact) mass is 203 g/mol. The molecule has 0 amide bonds. The van der Waals surface area contributed by atoms with Gasteiger partial charge in [0, 0.05) is 6.54 Å². The summed E-state index contributed by atoms with van der Waals surface area (Å²) in [6.45, 7) is 2.46. The van der Waals surface area contributed by atoms with Crippen LogP contribution in [0.15, 0.2) is 27.9 Å². The molecule has 1 heterocycles. The first-order valence-corrected chi connectivity index (χ1v) is 5.68. The molecule has 0 atom stereocenters. The van der Waals surface area contributed by atoms with Gasteiger partial charge in [0.1, 0.15) is 0 Å². The van der Waals surface area contributed by atoms with Crippen LogP contribution in [0.5, 0.6) is 0 Å². The van der Waals surface area contributed by atoms with Crippen LogP contribution in [0, 0.1) is 0 Å². The number of furan rings is 1. The summed E-state index contributed by atoms with van der Waals surface area (Å²) in [6.07, 6.45) is 3.13. The Labute approximate surface area is 78.0 Å². The molecule has 74 valence electrons. The van der Waals surface area contributed by atoms with Crippen LogP contribution in [0.1, 0.15) is 19.8 Å². The Hall–Kier alpha value is -0.810. The summed E-state index contributed by atoms with van der Waals surface area (Å²) in [5.74, 6) is 0. The first kappa shape index (κ1) is 10.3. The van der Waals surface area contributed by atoms with E-state index in [-0.39, 0.29) is 5.09 Å². The standard InChI is InChI=1S/C8H13NO3S/c1-2-3-6-9-13(10,11)8-5-4-7-12-8/h4-5,7,9H,2-3,6H2,1H3. The highest BCUT2D eigenvalue weighted by Crippen LogP contribution is 2.07. The van der Waals surface area contributed by atoms with Crippen molar-refractivity contribution in [2.24, 2.45) is 0 Å². The molecular weight excluding hydrogens is 190 g/mol. The molecule has 0 unspecified atom stereocenters. The molecule has 0 aliphatic heterocycles. The fourth-order valence-corrected chi connectivity index (χ4v) is 1.87. The fourth-order valence-electron chi connectivity index (χ4n) is 0.871. The van der Waals surface area contributed by atoms with Crippen LogP contribution >= 0.6 is 0 Å². The third-order valence-corrected chi connectivity index (χ3v) is 2.93. The highest BCUT2D eigenvalue weighted by molar-refractivity contribution is 7.89. The second kappa shape index (κ2) is 4.43. The predicted octanol–water partition coefficient (Wildman–Crippen LogP) is 1.36. The smallest absolute Gasteiger partial charge is 0.273 e. The summed E-state index contributed by atoms with van der Waals surface area (Å²) >= 11 is 0. The predicted molar refractivity (Wildman–Crippen MR) is 48.8 cm³/mol. The van der Waals surface area contributed by atoms with Crippen molar-refractivity contribution in [3.63, 3.8) is 0 Å². The summed E-state index contributed by atoms with van der Waals surface area (Å²) in [6, 6.07) is 2.97. The topological polar surface area (TPSA) is 59.3 Å². The van der Waals surface area contributed by atoms with E-state index >= 15 is 0 Å². The normalized spacial score (nSPS) is 11.8. The lowest BCUT2D eigenvalue weighted by Gasteiger charge is -2.01. The van der Waals surface area contributed by atoms with E-state index in [2.05, 4.69) is 4.72 Å². The number of rotatable bonds is 5. The van der Waals surface area contributed by atoms with E-state index in [1.807, 2.05) is 6.92 Å². The zero-order chi connectivity index (χ0) is 9.73. The van der Waals surface area contributed by atoms with Crippen LogP contribution < -0.4 is 4.72 Å². The molecule has 0 fully saturated rings. The molecule has 1 aromatic heterocycles. The van der Waals surface area contributed by atoms with Gasteiger partial charge in [0.15, 0.2) is 0 Å². The molecule has 0 bridgehead atoms. The first-order chi connectivity index (χ1) is 6.17. The minimum Gasteiger partial charge on any atom is -0.452 e. The highest BCUT2D eigenvalue weighted by Gasteiger charge is 2.15. The van der Waals surface area contributed by atoms with Crippen molar-refractivity contribution in [2.75, 3.05) is 6.54 Å². The van der Waals surface area contributed by atoms with E-state index in [4.69, 9.17) is 4.42 Å². The molecule has 1 N–H and O–H groups in total. The number of hydrogen-bond donors (Lipinski definition) is 1. The molecule has 13 heavy (non-hydrogen) atoms. The third-order valence-electron chi connectivity index (χ3n) is 1.58. The Morgan fingerprint density at radius 1 is 1.54 bits per heavy atom. The number of sulfonamides is 1. The fraction of sp³-hybridized carbons (Fsp3) is 0.500. The third kappa shape index (κ3) is 2.86. The second-order valence-electron chi connectivity index (χ2n) is 2.68. The molecule has 0 aliphatic rings. The van der Waals surface area contributed by atoms with Gasteiger partial charge in [0.25, 0.3) is 10.0 Å². The molecule has 0 aromatic carbocycles. The lowest BCUT2D eigenvalue weighted by molar-refractivity contribution is 0.445. The average molecular weight is 203 g/mol. The Kier molecular flexibility index (Phi) is 3.50. The molecule has 0 radical (unpaired) electrons. The molecule has 1 rings (SSSR count). The van der Waals surface area contributed by atoms with Gasteiger partial charge in [-0.25, -0.2) is 13.1 Å². The molecule has 4 nitrogen and oxygen atoms in total. The van der Waals surface area contributed by atoms with Crippen LogP contribution in [0.25, 0.3) is 0 Å². The van der Waals surface area contributed by atoms with E-state index in [0.717, 1.165) is 12.8 Å². The molecule has 0 saturated heterocycles. The van der Waals surface area contributed by atoms with Crippen molar-refractivity contribution in [1.82, 2.24) is 4.72 Å². The van der Waals surface area contributed by atoms with Gasteiger partial charge in [-0.15, -0.1) is 0 Å². The largest absolute Gasteiger partial charge is 0.452 e. The van der Waals surface area contributed by atoms with E-state index in [1.54, 1.807) is 6.07 Å². The van der Waals surface area contributed by atoms with Gasteiger partial charge in [-0.1, -0.05) is 13.3 Å². The maximum Gasteiger partial charge on any atom is 0.273 e. The van der Waals surface area contributed by atoms with Crippen LogP contribution in [-0.4, -0.2) is 15.0 Å². The van der Waals surface area contributed by atoms with Crippen molar-refractivity contribution in [3.05, 3.63) is 18.4 Å². The average Bonchev–Trinajstić information content (AvgIpc) is 2.56. The van der Waals surface area contributed by atoms with E-state index in [9.17, 15) is 8.42 Å². The van der Waals surface area contributed by atoms with Crippen LogP contribution in [0.2, 0.25) is 0 Å². The zero-order valence-corrected chi connectivity index (χ0v) is 8.30. The number of nitrogens with one attached hydrogen (secondary N) is 1. The van der Waals surface area contributed by atoms with Gasteiger partial charge in [-0.2, -0.15) is 0 Å². The van der Waals surface area contributed by atoms with Gasteiger partial charge in [-0.05, 0) is 18.6 Å². The summed E-state index contributed by atoms with van der Waals surface area (Å²) in [7, 11) is -3.41. The van der Waals surface area contributed by atoms with Crippen molar-refractivity contribution in [3.8, 4) is 0 Å². The number of unbranched alkanes of at least 4 members (excludes halogenated alkanes) is 1. The molecule has 0 saturated carbocycles. The van der Waals surface area contributed by atoms with Crippen molar-refractivity contribution in [1.29, 1.82) is 0 Å². The van der Waals surface area contributed by atoms with Crippen LogP contribution in [-0.2, 0) is 10.0 Å². The maximum absolute atomic E-state index is 11.4. The Bertz CT molecular complexity index is 328. The molecule has 1 aromatic rings. The highest BCUT2D eigenvalue weighted by atomic mass is 32.2. The second-order valence-corrected chi connectivity index (χ2v) is 4.38. The van der Waals surface area contributed by atoms with Crippen LogP contribution in [0.3, 0.4) is 0 Å². The van der Waals surface area contributed by atoms with E-state index in [0.29, 0.717) is 6.54 Å². The van der Waals surface area contributed by atoms with Gasteiger partial charge < -0.3 is 4.42 Å². The van der Waals surface area contributed by atoms with Crippen molar-refractivity contribution < 1.29 is 12.8 Å². The zero-order valence-electron chi connectivity index (χ0n) is 7.49. The van der Waals surface area contributed by atoms with Crippen molar-refractivity contribution in [2.45, 2.75) is 24.9 Å². The first-order valence-electron chi connectivity index (χ1n) is 4.20. The summed E-state index contributed by atoms with van der Waals surface area (Å²) in [5.41, 5.74) is 0. The quantitative estimate of drug-likeness (QED) is 0.735. The minimum atomic E-state index is -3.41. The Morgan fingerprint density at radius 3 is 2.85 bits per heavy atom. The lowest BCUT2D eigenvalue weighted by atomic mass is 10.3. The maximum atomic E-state index is 11.4. The summed E-state index contributed by atoms with van der Waals surface area (Å²) in [5, 5.41) is -0.0244. The minimum absolute atomic E-state index is 0.0244.